The average molecular weight is 330 g/mol. The highest BCUT2D eigenvalue weighted by Crippen LogP contribution is 2.42. The average Bonchev–Trinajstić information content (AvgIpc) is 3.10. The Labute approximate surface area is 135 Å². The van der Waals surface area contributed by atoms with Crippen molar-refractivity contribution >= 4 is 24.3 Å². The fourth-order valence-corrected chi connectivity index (χ4v) is 3.21. The molecule has 22 heavy (non-hydrogen) atoms. The Morgan fingerprint density at radius 2 is 2.23 bits per heavy atom. The van der Waals surface area contributed by atoms with E-state index in [0.717, 1.165) is 5.69 Å². The van der Waals surface area contributed by atoms with Gasteiger partial charge in [-0.1, -0.05) is 0 Å². The molecule has 0 bridgehead atoms. The standard InChI is InChI=1S/C14H19N3O4.ClH/c1-9-4-11(15-16(9)2)12(18)17-5-10-6-21-8-14(10,7-17)13(19)20-3;/h4,10H,5-8H2,1-3H3;1H/t10-,14-;/m0./s1. The molecular formula is C14H20ClN3O4. The van der Waals surface area contributed by atoms with Crippen LogP contribution in [0.1, 0.15) is 16.2 Å². The number of carbonyl (C=O) groups is 2. The zero-order chi connectivity index (χ0) is 15.2. The van der Waals surface area contributed by atoms with E-state index >= 15 is 0 Å². The van der Waals surface area contributed by atoms with Crippen LogP contribution < -0.4 is 0 Å². The number of halogens is 1. The van der Waals surface area contributed by atoms with Crippen molar-refractivity contribution in [2.75, 3.05) is 33.4 Å². The number of hydrogen-bond donors (Lipinski definition) is 0. The predicted octanol–water partition coefficient (Wildman–Crippen LogP) is 0.412. The largest absolute Gasteiger partial charge is 0.468 e. The molecule has 0 spiro atoms. The molecule has 3 rings (SSSR count). The van der Waals surface area contributed by atoms with Crippen LogP contribution in [-0.2, 0) is 21.3 Å². The number of rotatable bonds is 2. The van der Waals surface area contributed by atoms with E-state index in [1.165, 1.54) is 7.11 Å². The lowest BCUT2D eigenvalue weighted by molar-refractivity contribution is -0.153. The maximum absolute atomic E-state index is 12.6. The van der Waals surface area contributed by atoms with Gasteiger partial charge in [0.05, 0.1) is 20.3 Å². The zero-order valence-electron chi connectivity index (χ0n) is 12.9. The van der Waals surface area contributed by atoms with Gasteiger partial charge in [-0.05, 0) is 13.0 Å². The number of aromatic nitrogens is 2. The second-order valence-corrected chi connectivity index (χ2v) is 5.84. The van der Waals surface area contributed by atoms with E-state index in [4.69, 9.17) is 9.47 Å². The summed E-state index contributed by atoms with van der Waals surface area (Å²) in [6, 6.07) is 1.76. The second-order valence-electron chi connectivity index (χ2n) is 5.84. The van der Waals surface area contributed by atoms with E-state index in [2.05, 4.69) is 5.10 Å². The molecule has 7 nitrogen and oxygen atoms in total. The second kappa shape index (κ2) is 5.89. The Bertz CT molecular complexity index is 583. The number of hydrogen-bond acceptors (Lipinski definition) is 5. The Balaban J connectivity index is 0.00000176. The van der Waals surface area contributed by atoms with Crippen molar-refractivity contribution < 1.29 is 19.1 Å². The number of esters is 1. The van der Waals surface area contributed by atoms with E-state index in [1.54, 1.807) is 22.7 Å². The van der Waals surface area contributed by atoms with Gasteiger partial charge in [-0.25, -0.2) is 0 Å². The summed E-state index contributed by atoms with van der Waals surface area (Å²) >= 11 is 0. The fourth-order valence-electron chi connectivity index (χ4n) is 3.21. The monoisotopic (exact) mass is 329 g/mol. The minimum absolute atomic E-state index is 0. The summed E-state index contributed by atoms with van der Waals surface area (Å²) in [6.45, 7) is 3.53. The van der Waals surface area contributed by atoms with E-state index < -0.39 is 5.41 Å². The Hall–Kier alpha value is -1.60. The van der Waals surface area contributed by atoms with Crippen LogP contribution in [0.3, 0.4) is 0 Å². The first-order chi connectivity index (χ1) is 9.98. The summed E-state index contributed by atoms with van der Waals surface area (Å²) < 4.78 is 12.0. The minimum Gasteiger partial charge on any atom is -0.468 e. The molecule has 1 amide bonds. The first-order valence-electron chi connectivity index (χ1n) is 6.94. The van der Waals surface area contributed by atoms with Gasteiger partial charge in [0.15, 0.2) is 5.69 Å². The summed E-state index contributed by atoms with van der Waals surface area (Å²) in [4.78, 5) is 26.4. The number of methoxy groups -OCH3 is 1. The molecule has 0 N–H and O–H groups in total. The van der Waals surface area contributed by atoms with Crippen LogP contribution in [0, 0.1) is 18.3 Å². The van der Waals surface area contributed by atoms with Gasteiger partial charge in [-0.2, -0.15) is 5.10 Å². The van der Waals surface area contributed by atoms with E-state index in [-0.39, 0.29) is 30.2 Å². The molecule has 0 saturated carbocycles. The van der Waals surface area contributed by atoms with E-state index in [0.29, 0.717) is 32.0 Å². The topological polar surface area (TPSA) is 73.7 Å². The van der Waals surface area contributed by atoms with Gasteiger partial charge < -0.3 is 14.4 Å². The van der Waals surface area contributed by atoms with Crippen LogP contribution >= 0.6 is 12.4 Å². The normalized spacial score (nSPS) is 26.5. The maximum atomic E-state index is 12.6. The molecule has 2 aliphatic rings. The Morgan fingerprint density at radius 1 is 1.50 bits per heavy atom. The lowest BCUT2D eigenvalue weighted by Gasteiger charge is -2.23. The predicted molar refractivity (Wildman–Crippen MR) is 79.9 cm³/mol. The van der Waals surface area contributed by atoms with Crippen LogP contribution in [0.5, 0.6) is 0 Å². The summed E-state index contributed by atoms with van der Waals surface area (Å²) in [5, 5.41) is 4.21. The van der Waals surface area contributed by atoms with Gasteiger partial charge in [0.25, 0.3) is 5.91 Å². The summed E-state index contributed by atoms with van der Waals surface area (Å²) in [5.74, 6) is -0.437. The van der Waals surface area contributed by atoms with Gasteiger partial charge in [0.2, 0.25) is 0 Å². The van der Waals surface area contributed by atoms with Gasteiger partial charge in [-0.15, -0.1) is 12.4 Å². The third kappa shape index (κ3) is 2.38. The third-order valence-corrected chi connectivity index (χ3v) is 4.59. The van der Waals surface area contributed by atoms with E-state index in [1.807, 2.05) is 6.92 Å². The first-order valence-corrected chi connectivity index (χ1v) is 6.94. The number of fused-ring (bicyclic) bond motifs is 1. The molecular weight excluding hydrogens is 310 g/mol. The molecule has 2 aliphatic heterocycles. The molecule has 1 aromatic rings. The number of amides is 1. The molecule has 0 aliphatic carbocycles. The van der Waals surface area contributed by atoms with Crippen molar-refractivity contribution in [3.8, 4) is 0 Å². The van der Waals surface area contributed by atoms with Crippen LogP contribution in [0.15, 0.2) is 6.07 Å². The van der Waals surface area contributed by atoms with Crippen molar-refractivity contribution in [2.24, 2.45) is 18.4 Å². The highest BCUT2D eigenvalue weighted by Gasteiger charge is 2.57. The van der Waals surface area contributed by atoms with Gasteiger partial charge >= 0.3 is 5.97 Å². The minimum atomic E-state index is -0.714. The van der Waals surface area contributed by atoms with Gasteiger partial charge in [0, 0.05) is 31.7 Å². The van der Waals surface area contributed by atoms with Gasteiger partial charge in [0.1, 0.15) is 5.41 Å². The summed E-state index contributed by atoms with van der Waals surface area (Å²) in [6.07, 6.45) is 0. The Morgan fingerprint density at radius 3 is 2.82 bits per heavy atom. The van der Waals surface area contributed by atoms with Gasteiger partial charge in [-0.3, -0.25) is 14.3 Å². The molecule has 2 saturated heterocycles. The first kappa shape index (κ1) is 16.8. The molecule has 3 heterocycles. The molecule has 8 heteroatoms. The number of nitrogens with zero attached hydrogens (tertiary/aromatic N) is 3. The molecule has 122 valence electrons. The SMILES string of the molecule is COC(=O)[C@@]12COC[C@@H]1CN(C(=O)c1cc(C)n(C)n1)C2.Cl. The number of carbonyl (C=O) groups excluding carboxylic acids is 2. The van der Waals surface area contributed by atoms with Crippen molar-refractivity contribution in [3.05, 3.63) is 17.5 Å². The third-order valence-electron chi connectivity index (χ3n) is 4.59. The zero-order valence-corrected chi connectivity index (χ0v) is 13.7. The number of aryl methyl sites for hydroxylation is 2. The maximum Gasteiger partial charge on any atom is 0.316 e. The van der Waals surface area contributed by atoms with Crippen LogP contribution in [0.4, 0.5) is 0 Å². The van der Waals surface area contributed by atoms with Crippen molar-refractivity contribution in [2.45, 2.75) is 6.92 Å². The molecule has 2 fully saturated rings. The van der Waals surface area contributed by atoms with Crippen molar-refractivity contribution in [3.63, 3.8) is 0 Å². The molecule has 0 radical (unpaired) electrons. The quantitative estimate of drug-likeness (QED) is 0.735. The molecule has 0 aromatic carbocycles. The van der Waals surface area contributed by atoms with Crippen molar-refractivity contribution in [1.29, 1.82) is 0 Å². The van der Waals surface area contributed by atoms with Crippen LogP contribution in [-0.4, -0.2) is 60.0 Å². The number of likely N-dealkylation sites (tertiary alicyclic amines) is 1. The number of ether oxygens (including phenoxy) is 2. The smallest absolute Gasteiger partial charge is 0.316 e. The fraction of sp³-hybridized carbons (Fsp3) is 0.643. The lowest BCUT2D eigenvalue weighted by Crippen LogP contribution is -2.41. The highest BCUT2D eigenvalue weighted by atomic mass is 35.5. The Kier molecular flexibility index (Phi) is 4.49. The molecule has 2 atom stereocenters. The molecule has 1 aromatic heterocycles. The van der Waals surface area contributed by atoms with Crippen molar-refractivity contribution in [1.82, 2.24) is 14.7 Å². The lowest BCUT2D eigenvalue weighted by atomic mass is 9.81. The highest BCUT2D eigenvalue weighted by molar-refractivity contribution is 5.93. The van der Waals surface area contributed by atoms with Crippen LogP contribution in [0.25, 0.3) is 0 Å². The molecule has 0 unspecified atom stereocenters. The van der Waals surface area contributed by atoms with Crippen LogP contribution in [0.2, 0.25) is 0 Å². The van der Waals surface area contributed by atoms with E-state index in [9.17, 15) is 9.59 Å². The summed E-state index contributed by atoms with van der Waals surface area (Å²) in [5.41, 5.74) is 0.619. The summed E-state index contributed by atoms with van der Waals surface area (Å²) in [7, 11) is 3.17.